The molecule has 0 bridgehead atoms. The SMILES string of the molecule is CCO/C(=C\Oc1ccc(Cn2cc(C(C)=O)cn2)cc1F)C(F)(F)F. The summed E-state index contributed by atoms with van der Waals surface area (Å²) in [6.07, 6.45) is -1.49. The lowest BCUT2D eigenvalue weighted by Crippen LogP contribution is -2.15. The quantitative estimate of drug-likeness (QED) is 0.417. The minimum absolute atomic E-state index is 0.146. The zero-order valence-corrected chi connectivity index (χ0v) is 14.0. The smallest absolute Gasteiger partial charge is 0.452 e. The maximum Gasteiger partial charge on any atom is 0.452 e. The van der Waals surface area contributed by atoms with Crippen LogP contribution in [0.5, 0.6) is 5.75 Å². The van der Waals surface area contributed by atoms with Crippen LogP contribution >= 0.6 is 0 Å². The zero-order chi connectivity index (χ0) is 19.3. The second-order valence-corrected chi connectivity index (χ2v) is 5.28. The number of halogens is 4. The van der Waals surface area contributed by atoms with E-state index in [9.17, 15) is 22.4 Å². The highest BCUT2D eigenvalue weighted by molar-refractivity contribution is 5.93. The Balaban J connectivity index is 2.12. The van der Waals surface area contributed by atoms with Crippen molar-refractivity contribution in [2.24, 2.45) is 0 Å². The lowest BCUT2D eigenvalue weighted by molar-refractivity contribution is -0.132. The number of ketones is 1. The van der Waals surface area contributed by atoms with Crippen molar-refractivity contribution in [3.8, 4) is 5.75 Å². The molecule has 2 aromatic rings. The molecule has 1 heterocycles. The zero-order valence-electron chi connectivity index (χ0n) is 14.0. The number of alkyl halides is 3. The van der Waals surface area contributed by atoms with Crippen LogP contribution in [0.25, 0.3) is 0 Å². The third-order valence-electron chi connectivity index (χ3n) is 3.25. The molecule has 5 nitrogen and oxygen atoms in total. The number of ether oxygens (including phenoxy) is 2. The molecule has 9 heteroatoms. The molecule has 1 aromatic heterocycles. The van der Waals surface area contributed by atoms with Gasteiger partial charge in [-0.15, -0.1) is 0 Å². The summed E-state index contributed by atoms with van der Waals surface area (Å²) in [6.45, 7) is 2.77. The Morgan fingerprint density at radius 2 is 2.08 bits per heavy atom. The van der Waals surface area contributed by atoms with Gasteiger partial charge in [0.2, 0.25) is 5.76 Å². The monoisotopic (exact) mass is 372 g/mol. The molecule has 0 atom stereocenters. The Bertz CT molecular complexity index is 813. The molecule has 0 spiro atoms. The van der Waals surface area contributed by atoms with E-state index in [0.29, 0.717) is 17.4 Å². The van der Waals surface area contributed by atoms with E-state index in [1.165, 1.54) is 43.1 Å². The number of rotatable bonds is 7. The average Bonchev–Trinajstić information content (AvgIpc) is 3.00. The molecule has 0 aliphatic carbocycles. The van der Waals surface area contributed by atoms with Gasteiger partial charge < -0.3 is 9.47 Å². The maximum atomic E-state index is 14.1. The molecule has 26 heavy (non-hydrogen) atoms. The Morgan fingerprint density at radius 1 is 1.35 bits per heavy atom. The number of hydrogen-bond donors (Lipinski definition) is 0. The van der Waals surface area contributed by atoms with E-state index in [2.05, 4.69) is 9.84 Å². The van der Waals surface area contributed by atoms with E-state index in [1.54, 1.807) is 0 Å². The minimum atomic E-state index is -4.74. The fourth-order valence-corrected chi connectivity index (χ4v) is 2.01. The molecule has 1 aromatic carbocycles. The molecule has 0 unspecified atom stereocenters. The van der Waals surface area contributed by atoms with Gasteiger partial charge in [0.1, 0.15) is 6.26 Å². The molecule has 2 rings (SSSR count). The van der Waals surface area contributed by atoms with Gasteiger partial charge in [0.15, 0.2) is 17.3 Å². The summed E-state index contributed by atoms with van der Waals surface area (Å²) in [4.78, 5) is 11.2. The van der Waals surface area contributed by atoms with Crippen molar-refractivity contribution in [1.82, 2.24) is 9.78 Å². The molecule has 0 radical (unpaired) electrons. The fraction of sp³-hybridized carbons (Fsp3) is 0.294. The second kappa shape index (κ2) is 8.03. The Morgan fingerprint density at radius 3 is 2.62 bits per heavy atom. The van der Waals surface area contributed by atoms with Gasteiger partial charge in [-0.3, -0.25) is 9.48 Å². The second-order valence-electron chi connectivity index (χ2n) is 5.28. The van der Waals surface area contributed by atoms with Crippen LogP contribution in [-0.2, 0) is 11.3 Å². The molecular formula is C17H16F4N2O3. The van der Waals surface area contributed by atoms with Crippen molar-refractivity contribution in [3.63, 3.8) is 0 Å². The standard InChI is InChI=1S/C17H16F4N2O3/c1-3-25-16(17(19,20)21)10-26-15-5-4-12(6-14(15)18)8-23-9-13(7-22-23)11(2)24/h4-7,9-10H,3,8H2,1-2H3/b16-10-. The van der Waals surface area contributed by atoms with E-state index in [-0.39, 0.29) is 24.7 Å². The van der Waals surface area contributed by atoms with Crippen LogP contribution in [0.1, 0.15) is 29.8 Å². The first-order chi connectivity index (χ1) is 12.2. The molecule has 0 saturated carbocycles. The highest BCUT2D eigenvalue weighted by Crippen LogP contribution is 2.27. The highest BCUT2D eigenvalue weighted by atomic mass is 19.4. The summed E-state index contributed by atoms with van der Waals surface area (Å²) < 4.78 is 62.7. The summed E-state index contributed by atoms with van der Waals surface area (Å²) in [5, 5.41) is 3.98. The van der Waals surface area contributed by atoms with E-state index >= 15 is 0 Å². The normalized spacial score (nSPS) is 12.2. The number of hydrogen-bond acceptors (Lipinski definition) is 4. The number of carbonyl (C=O) groups excluding carboxylic acids is 1. The van der Waals surface area contributed by atoms with Crippen molar-refractivity contribution in [1.29, 1.82) is 0 Å². The van der Waals surface area contributed by atoms with Crippen LogP contribution in [-0.4, -0.2) is 28.3 Å². The maximum absolute atomic E-state index is 14.1. The molecule has 0 fully saturated rings. The summed E-state index contributed by atoms with van der Waals surface area (Å²) in [7, 11) is 0. The van der Waals surface area contributed by atoms with Crippen LogP contribution < -0.4 is 4.74 Å². The lowest BCUT2D eigenvalue weighted by atomic mass is 10.2. The van der Waals surface area contributed by atoms with Gasteiger partial charge in [0.05, 0.1) is 24.9 Å². The summed E-state index contributed by atoms with van der Waals surface area (Å²) in [6, 6.07) is 3.80. The van der Waals surface area contributed by atoms with Gasteiger partial charge in [-0.05, 0) is 31.5 Å². The molecule has 0 N–H and O–H groups in total. The number of allylic oxidation sites excluding steroid dienone is 1. The van der Waals surface area contributed by atoms with E-state index in [4.69, 9.17) is 4.74 Å². The van der Waals surface area contributed by atoms with Crippen molar-refractivity contribution in [2.75, 3.05) is 6.61 Å². The Kier molecular flexibility index (Phi) is 6.01. The van der Waals surface area contributed by atoms with Gasteiger partial charge in [-0.25, -0.2) is 4.39 Å². The molecule has 0 saturated heterocycles. The van der Waals surface area contributed by atoms with Crippen LogP contribution in [0.2, 0.25) is 0 Å². The van der Waals surface area contributed by atoms with Gasteiger partial charge >= 0.3 is 6.18 Å². The Hall–Kier alpha value is -2.84. The number of Topliss-reactive ketones (excluding diaryl/α,β-unsaturated/α-hetero) is 1. The minimum Gasteiger partial charge on any atom is -0.487 e. The first-order valence-electron chi connectivity index (χ1n) is 7.59. The van der Waals surface area contributed by atoms with Crippen LogP contribution in [0.15, 0.2) is 42.6 Å². The van der Waals surface area contributed by atoms with Crippen LogP contribution in [0.3, 0.4) is 0 Å². The lowest BCUT2D eigenvalue weighted by Gasteiger charge is -2.12. The van der Waals surface area contributed by atoms with E-state index in [0.717, 1.165) is 6.07 Å². The topological polar surface area (TPSA) is 53.4 Å². The van der Waals surface area contributed by atoms with Crippen LogP contribution in [0.4, 0.5) is 17.6 Å². The fourth-order valence-electron chi connectivity index (χ4n) is 2.01. The number of benzene rings is 1. The number of nitrogens with zero attached hydrogens (tertiary/aromatic N) is 2. The molecule has 140 valence electrons. The Labute approximate surface area is 146 Å². The summed E-state index contributed by atoms with van der Waals surface area (Å²) in [5.74, 6) is -2.71. The average molecular weight is 372 g/mol. The number of carbonyl (C=O) groups is 1. The van der Waals surface area contributed by atoms with Crippen molar-refractivity contribution < 1.29 is 31.8 Å². The third kappa shape index (κ3) is 5.08. The molecule has 0 aliphatic rings. The first-order valence-corrected chi connectivity index (χ1v) is 7.59. The van der Waals surface area contributed by atoms with Crippen LogP contribution in [0, 0.1) is 5.82 Å². The van der Waals surface area contributed by atoms with Gasteiger partial charge in [0, 0.05) is 6.20 Å². The third-order valence-corrected chi connectivity index (χ3v) is 3.25. The van der Waals surface area contributed by atoms with Crippen molar-refractivity contribution >= 4 is 5.78 Å². The van der Waals surface area contributed by atoms with Gasteiger partial charge in [-0.1, -0.05) is 6.07 Å². The van der Waals surface area contributed by atoms with E-state index in [1.807, 2.05) is 0 Å². The number of aromatic nitrogens is 2. The van der Waals surface area contributed by atoms with Gasteiger partial charge in [-0.2, -0.15) is 18.3 Å². The summed E-state index contributed by atoms with van der Waals surface area (Å²) >= 11 is 0. The first kappa shape index (κ1) is 19.5. The predicted octanol–water partition coefficient (Wildman–Crippen LogP) is 4.09. The summed E-state index contributed by atoms with van der Waals surface area (Å²) in [5.41, 5.74) is 0.920. The van der Waals surface area contributed by atoms with Crippen molar-refractivity contribution in [3.05, 3.63) is 59.6 Å². The van der Waals surface area contributed by atoms with Gasteiger partial charge in [0.25, 0.3) is 0 Å². The predicted molar refractivity (Wildman–Crippen MR) is 84.1 cm³/mol. The molecule has 0 amide bonds. The van der Waals surface area contributed by atoms with Crippen molar-refractivity contribution in [2.45, 2.75) is 26.6 Å². The van der Waals surface area contributed by atoms with E-state index < -0.39 is 17.8 Å². The largest absolute Gasteiger partial charge is 0.487 e. The molecule has 0 aliphatic heterocycles. The molecular weight excluding hydrogens is 356 g/mol. The highest BCUT2D eigenvalue weighted by Gasteiger charge is 2.36.